The molecule has 1 heterocycles. The number of rotatable bonds is 5. The zero-order valence-electron chi connectivity index (χ0n) is 12.7. The molecule has 2 fully saturated rings. The summed E-state index contributed by atoms with van der Waals surface area (Å²) in [4.78, 5) is 2.27. The highest BCUT2D eigenvalue weighted by Crippen LogP contribution is 2.36. The molecule has 1 aliphatic carbocycles. The van der Waals surface area contributed by atoms with Gasteiger partial charge in [-0.25, -0.2) is 4.39 Å². The van der Waals surface area contributed by atoms with Crippen LogP contribution in [0.4, 0.5) is 4.39 Å². The summed E-state index contributed by atoms with van der Waals surface area (Å²) < 4.78 is 19.7. The minimum Gasteiger partial charge on any atom is -0.493 e. The molecule has 1 saturated heterocycles. The molecule has 1 saturated carbocycles. The standard InChI is InChI=1S/C17H25FN2O/c1-20-10-13(9-19)5-17(20)14-6-15(18)8-16(7-14)21-11-12-3-2-4-12/h6-8,12-13,17H,2-5,9-11,19H2,1H3. The first-order chi connectivity index (χ1) is 10.2. The second-order valence-electron chi connectivity index (χ2n) is 6.62. The van der Waals surface area contributed by atoms with E-state index >= 15 is 0 Å². The van der Waals surface area contributed by atoms with Crippen LogP contribution in [-0.2, 0) is 0 Å². The molecular formula is C17H25FN2O. The van der Waals surface area contributed by atoms with Gasteiger partial charge in [0.1, 0.15) is 11.6 Å². The van der Waals surface area contributed by atoms with Gasteiger partial charge in [0, 0.05) is 18.7 Å². The Bertz CT molecular complexity index is 490. The molecule has 0 radical (unpaired) electrons. The average Bonchev–Trinajstić information content (AvgIpc) is 2.78. The monoisotopic (exact) mass is 292 g/mol. The van der Waals surface area contributed by atoms with Gasteiger partial charge in [-0.3, -0.25) is 4.90 Å². The number of likely N-dealkylation sites (tertiary alicyclic amines) is 1. The minimum absolute atomic E-state index is 0.208. The van der Waals surface area contributed by atoms with Gasteiger partial charge in [0.05, 0.1) is 6.61 Å². The van der Waals surface area contributed by atoms with Crippen LogP contribution in [0.25, 0.3) is 0 Å². The second kappa shape index (κ2) is 6.32. The maximum Gasteiger partial charge on any atom is 0.127 e. The third kappa shape index (κ3) is 3.38. The summed E-state index contributed by atoms with van der Waals surface area (Å²) in [5, 5.41) is 0. The van der Waals surface area contributed by atoms with Crippen LogP contribution >= 0.6 is 0 Å². The molecule has 2 aliphatic rings. The Kier molecular flexibility index (Phi) is 4.45. The Morgan fingerprint density at radius 3 is 2.71 bits per heavy atom. The van der Waals surface area contributed by atoms with Crippen molar-refractivity contribution in [2.45, 2.75) is 31.7 Å². The normalized spacial score (nSPS) is 26.8. The van der Waals surface area contributed by atoms with Crippen LogP contribution < -0.4 is 10.5 Å². The fourth-order valence-corrected chi connectivity index (χ4v) is 3.40. The number of nitrogens with two attached hydrogens (primary N) is 1. The van der Waals surface area contributed by atoms with E-state index in [1.54, 1.807) is 6.07 Å². The SMILES string of the molecule is CN1CC(CN)CC1c1cc(F)cc(OCC2CCC2)c1. The molecule has 0 aromatic heterocycles. The summed E-state index contributed by atoms with van der Waals surface area (Å²) in [6.07, 6.45) is 4.78. The van der Waals surface area contributed by atoms with E-state index in [1.807, 2.05) is 6.07 Å². The van der Waals surface area contributed by atoms with Gasteiger partial charge in [-0.15, -0.1) is 0 Å². The van der Waals surface area contributed by atoms with E-state index in [-0.39, 0.29) is 11.9 Å². The molecule has 0 bridgehead atoms. The highest BCUT2D eigenvalue weighted by Gasteiger charge is 2.30. The summed E-state index contributed by atoms with van der Waals surface area (Å²) in [6, 6.07) is 5.38. The van der Waals surface area contributed by atoms with E-state index in [0.29, 0.717) is 24.1 Å². The van der Waals surface area contributed by atoms with Gasteiger partial charge < -0.3 is 10.5 Å². The number of halogens is 1. The third-order valence-electron chi connectivity index (χ3n) is 4.96. The summed E-state index contributed by atoms with van der Waals surface area (Å²) in [6.45, 7) is 2.39. The molecule has 4 heteroatoms. The van der Waals surface area contributed by atoms with Crippen LogP contribution in [0, 0.1) is 17.7 Å². The predicted molar refractivity (Wildman–Crippen MR) is 81.8 cm³/mol. The van der Waals surface area contributed by atoms with E-state index < -0.39 is 0 Å². The van der Waals surface area contributed by atoms with Crippen LogP contribution in [-0.4, -0.2) is 31.6 Å². The molecule has 2 N–H and O–H groups in total. The van der Waals surface area contributed by atoms with Crippen LogP contribution in [0.1, 0.15) is 37.3 Å². The quantitative estimate of drug-likeness (QED) is 0.907. The Morgan fingerprint density at radius 2 is 2.10 bits per heavy atom. The van der Waals surface area contributed by atoms with E-state index in [2.05, 4.69) is 11.9 Å². The van der Waals surface area contributed by atoms with Crippen molar-refractivity contribution in [3.05, 3.63) is 29.6 Å². The summed E-state index contributed by atoms with van der Waals surface area (Å²) in [5.41, 5.74) is 6.78. The molecule has 2 atom stereocenters. The Morgan fingerprint density at radius 1 is 1.29 bits per heavy atom. The van der Waals surface area contributed by atoms with Gasteiger partial charge in [0.2, 0.25) is 0 Å². The lowest BCUT2D eigenvalue weighted by Gasteiger charge is -2.25. The fraction of sp³-hybridized carbons (Fsp3) is 0.647. The van der Waals surface area contributed by atoms with E-state index in [9.17, 15) is 4.39 Å². The molecule has 0 amide bonds. The van der Waals surface area contributed by atoms with Crippen LogP contribution in [0.15, 0.2) is 18.2 Å². The lowest BCUT2D eigenvalue weighted by molar-refractivity contribution is 0.180. The highest BCUT2D eigenvalue weighted by atomic mass is 19.1. The second-order valence-corrected chi connectivity index (χ2v) is 6.62. The van der Waals surface area contributed by atoms with Crippen molar-refractivity contribution < 1.29 is 9.13 Å². The fourth-order valence-electron chi connectivity index (χ4n) is 3.40. The van der Waals surface area contributed by atoms with Gasteiger partial charge in [0.25, 0.3) is 0 Å². The lowest BCUT2D eigenvalue weighted by atomic mass is 9.86. The van der Waals surface area contributed by atoms with Crippen molar-refractivity contribution in [2.24, 2.45) is 17.6 Å². The third-order valence-corrected chi connectivity index (χ3v) is 4.96. The number of nitrogens with zero attached hydrogens (tertiary/aromatic N) is 1. The van der Waals surface area contributed by atoms with Gasteiger partial charge in [-0.2, -0.15) is 0 Å². The summed E-state index contributed by atoms with van der Waals surface area (Å²) in [7, 11) is 2.08. The first-order valence-corrected chi connectivity index (χ1v) is 7.99. The maximum absolute atomic E-state index is 13.9. The van der Waals surface area contributed by atoms with Crippen molar-refractivity contribution in [1.29, 1.82) is 0 Å². The lowest BCUT2D eigenvalue weighted by Crippen LogP contribution is -2.21. The minimum atomic E-state index is -0.208. The van der Waals surface area contributed by atoms with Gasteiger partial charge >= 0.3 is 0 Å². The van der Waals surface area contributed by atoms with Crippen molar-refractivity contribution in [1.82, 2.24) is 4.90 Å². The molecule has 3 nitrogen and oxygen atoms in total. The number of benzene rings is 1. The molecule has 116 valence electrons. The van der Waals surface area contributed by atoms with E-state index in [1.165, 1.54) is 25.3 Å². The van der Waals surface area contributed by atoms with E-state index in [4.69, 9.17) is 10.5 Å². The Balaban J connectivity index is 1.71. The van der Waals surface area contributed by atoms with Crippen molar-refractivity contribution in [3.8, 4) is 5.75 Å². The molecule has 1 aliphatic heterocycles. The molecule has 3 rings (SSSR count). The van der Waals surface area contributed by atoms with Gasteiger partial charge in [-0.1, -0.05) is 6.42 Å². The van der Waals surface area contributed by atoms with Crippen LogP contribution in [0.3, 0.4) is 0 Å². The average molecular weight is 292 g/mol. The van der Waals surface area contributed by atoms with Crippen LogP contribution in [0.5, 0.6) is 5.75 Å². The topological polar surface area (TPSA) is 38.5 Å². The molecule has 1 aromatic rings. The molecule has 1 aromatic carbocycles. The van der Waals surface area contributed by atoms with Crippen molar-refractivity contribution >= 4 is 0 Å². The Hall–Kier alpha value is -1.13. The highest BCUT2D eigenvalue weighted by molar-refractivity contribution is 5.32. The smallest absolute Gasteiger partial charge is 0.127 e. The zero-order chi connectivity index (χ0) is 14.8. The van der Waals surface area contributed by atoms with Crippen molar-refractivity contribution in [3.63, 3.8) is 0 Å². The molecule has 2 unspecified atom stereocenters. The molecular weight excluding hydrogens is 267 g/mol. The zero-order valence-corrected chi connectivity index (χ0v) is 12.7. The Labute approximate surface area is 126 Å². The first-order valence-electron chi connectivity index (χ1n) is 7.99. The summed E-state index contributed by atoms with van der Waals surface area (Å²) in [5.74, 6) is 1.62. The van der Waals surface area contributed by atoms with E-state index in [0.717, 1.165) is 25.1 Å². The van der Waals surface area contributed by atoms with Crippen molar-refractivity contribution in [2.75, 3.05) is 26.7 Å². The number of hydrogen-bond acceptors (Lipinski definition) is 3. The summed E-state index contributed by atoms with van der Waals surface area (Å²) >= 11 is 0. The predicted octanol–water partition coefficient (Wildman–Crippen LogP) is 2.96. The van der Waals surface area contributed by atoms with Gasteiger partial charge in [-0.05, 0) is 62.4 Å². The van der Waals surface area contributed by atoms with Crippen LogP contribution in [0.2, 0.25) is 0 Å². The number of hydrogen-bond donors (Lipinski definition) is 1. The first kappa shape index (κ1) is 14.8. The molecule has 0 spiro atoms. The van der Waals surface area contributed by atoms with Gasteiger partial charge in [0.15, 0.2) is 0 Å². The number of ether oxygens (including phenoxy) is 1. The maximum atomic E-state index is 13.9. The largest absolute Gasteiger partial charge is 0.493 e. The molecule has 21 heavy (non-hydrogen) atoms.